The monoisotopic (exact) mass is 337 g/mol. The standard InChI is InChI=1S/C8H16NSi.C5H5.2ClH.Ti/c1-10(2)8-6-4-3-5-7(8)9;1-2-4-5-3-1;;;/h7,9H,3-6H2,1-2H3;1-5H;2*1H;/q2*-1;;;+4/p-2. The van der Waals surface area contributed by atoms with Crippen LogP contribution in [0, 0.1) is 0 Å². The maximum absolute atomic E-state index is 7.75. The van der Waals surface area contributed by atoms with Crippen LogP contribution in [-0.2, 0) is 21.7 Å². The van der Waals surface area contributed by atoms with E-state index < -0.39 is 0 Å². The molecule has 0 spiro atoms. The van der Waals surface area contributed by atoms with E-state index in [4.69, 9.17) is 5.73 Å². The van der Waals surface area contributed by atoms with E-state index in [1.165, 1.54) is 19.3 Å². The van der Waals surface area contributed by atoms with Gasteiger partial charge in [-0.3, -0.25) is 0 Å². The van der Waals surface area contributed by atoms with E-state index >= 15 is 0 Å². The van der Waals surface area contributed by atoms with Gasteiger partial charge in [0.05, 0.1) is 0 Å². The van der Waals surface area contributed by atoms with Crippen molar-refractivity contribution in [1.82, 2.24) is 0 Å². The second kappa shape index (κ2) is 14.1. The van der Waals surface area contributed by atoms with Crippen LogP contribution in [0.5, 0.6) is 0 Å². The second-order valence-electron chi connectivity index (χ2n) is 4.29. The Balaban J connectivity index is -0.000000245. The van der Waals surface area contributed by atoms with Crippen molar-refractivity contribution in [1.29, 1.82) is 0 Å². The molecular weight excluding hydrogens is 317 g/mol. The Labute approximate surface area is 140 Å². The van der Waals surface area contributed by atoms with Crippen molar-refractivity contribution in [2.24, 2.45) is 0 Å². The van der Waals surface area contributed by atoms with E-state index in [1.54, 1.807) is 5.17 Å². The van der Waals surface area contributed by atoms with Crippen LogP contribution in [0.2, 0.25) is 13.1 Å². The Morgan fingerprint density at radius 2 is 1.72 bits per heavy atom. The van der Waals surface area contributed by atoms with Crippen LogP contribution in [0.25, 0.3) is 5.73 Å². The molecule has 1 fully saturated rings. The zero-order chi connectivity index (χ0) is 11.1. The van der Waals surface area contributed by atoms with Crippen molar-refractivity contribution in [2.75, 3.05) is 0 Å². The minimum atomic E-state index is -0.255. The molecule has 0 amide bonds. The fourth-order valence-corrected chi connectivity index (χ4v) is 3.45. The predicted octanol–water partition coefficient (Wildman–Crippen LogP) is -2.10. The molecule has 100 valence electrons. The summed E-state index contributed by atoms with van der Waals surface area (Å²) in [5, 5.41) is 1.58. The summed E-state index contributed by atoms with van der Waals surface area (Å²) in [5.41, 5.74) is 7.75. The zero-order valence-corrected chi connectivity index (χ0v) is 15.1. The van der Waals surface area contributed by atoms with Gasteiger partial charge in [-0.25, -0.2) is 12.1 Å². The van der Waals surface area contributed by atoms with Crippen LogP contribution in [0.4, 0.5) is 0 Å². The molecule has 5 heteroatoms. The zero-order valence-electron chi connectivity index (χ0n) is 11.0. The fraction of sp³-hybridized carbons (Fsp3) is 0.538. The molecule has 1 nitrogen and oxygen atoms in total. The van der Waals surface area contributed by atoms with Gasteiger partial charge in [-0.05, 0) is 6.42 Å². The summed E-state index contributed by atoms with van der Waals surface area (Å²) in [6, 6.07) is 10.2. The van der Waals surface area contributed by atoms with Crippen LogP contribution in [0.1, 0.15) is 25.7 Å². The molecule has 18 heavy (non-hydrogen) atoms. The summed E-state index contributed by atoms with van der Waals surface area (Å²) in [4.78, 5) is 0. The van der Waals surface area contributed by atoms with Gasteiger partial charge in [0.2, 0.25) is 0 Å². The molecule has 2 rings (SSSR count). The molecule has 0 aliphatic heterocycles. The Bertz CT molecular complexity index is 281. The summed E-state index contributed by atoms with van der Waals surface area (Å²) in [5.74, 6) is 0. The Morgan fingerprint density at radius 1 is 1.17 bits per heavy atom. The van der Waals surface area contributed by atoms with E-state index in [0.29, 0.717) is 0 Å². The SMILES string of the molecule is C[Si](C)=C1CCCCC1[NH-].[Cl-].[Cl-].[Ti+4].c1cc[cH-]c1. The van der Waals surface area contributed by atoms with Crippen molar-refractivity contribution in [3.05, 3.63) is 36.1 Å². The first-order chi connectivity index (χ1) is 7.22. The maximum Gasteiger partial charge on any atom is 4.00 e. The molecule has 0 bridgehead atoms. The first-order valence-electron chi connectivity index (χ1n) is 5.76. The molecule has 1 atom stereocenters. The second-order valence-corrected chi connectivity index (χ2v) is 6.93. The molecule has 0 aromatic heterocycles. The smallest absolute Gasteiger partial charge is 1.00 e. The van der Waals surface area contributed by atoms with Gasteiger partial charge in [-0.15, -0.1) is 11.2 Å². The minimum absolute atomic E-state index is 0. The summed E-state index contributed by atoms with van der Waals surface area (Å²) in [7, 11) is -0.255. The number of hydrogen-bond acceptors (Lipinski definition) is 0. The quantitative estimate of drug-likeness (QED) is 0.383. The molecular formula is C13H21Cl2NSiTi. The van der Waals surface area contributed by atoms with Crippen molar-refractivity contribution in [3.63, 3.8) is 0 Å². The summed E-state index contributed by atoms with van der Waals surface area (Å²) < 4.78 is 0. The first kappa shape index (κ1) is 23.8. The fourth-order valence-electron chi connectivity index (χ4n) is 1.93. The molecule has 1 saturated carbocycles. The van der Waals surface area contributed by atoms with Crippen molar-refractivity contribution in [2.45, 2.75) is 44.8 Å². The van der Waals surface area contributed by atoms with Crippen LogP contribution in [0.3, 0.4) is 0 Å². The average Bonchev–Trinajstić information content (AvgIpc) is 2.75. The van der Waals surface area contributed by atoms with Gasteiger partial charge >= 0.3 is 21.7 Å². The van der Waals surface area contributed by atoms with Gasteiger partial charge in [0.25, 0.3) is 0 Å². The third-order valence-electron chi connectivity index (χ3n) is 2.81. The topological polar surface area (TPSA) is 23.8 Å². The molecule has 1 aliphatic rings. The number of hydrogen-bond donors (Lipinski definition) is 0. The molecule has 0 heterocycles. The molecule has 1 aromatic rings. The summed E-state index contributed by atoms with van der Waals surface area (Å²) in [6.45, 7) is 4.62. The first-order valence-corrected chi connectivity index (χ1v) is 8.26. The van der Waals surface area contributed by atoms with Gasteiger partial charge in [0, 0.05) is 8.41 Å². The van der Waals surface area contributed by atoms with E-state index in [0.717, 1.165) is 6.42 Å². The maximum atomic E-state index is 7.75. The summed E-state index contributed by atoms with van der Waals surface area (Å²) in [6.07, 6.45) is 5.02. The Kier molecular flexibility index (Phi) is 18.6. The third-order valence-corrected chi connectivity index (χ3v) is 4.69. The van der Waals surface area contributed by atoms with E-state index in [-0.39, 0.29) is 61.0 Å². The third kappa shape index (κ3) is 9.60. The average molecular weight is 338 g/mol. The molecule has 1 aromatic carbocycles. The van der Waals surface area contributed by atoms with Crippen LogP contribution in [-0.4, -0.2) is 19.6 Å². The minimum Gasteiger partial charge on any atom is -1.00 e. The van der Waals surface area contributed by atoms with E-state index in [9.17, 15) is 0 Å². The molecule has 0 saturated heterocycles. The van der Waals surface area contributed by atoms with Crippen molar-refractivity contribution < 1.29 is 46.5 Å². The van der Waals surface area contributed by atoms with Gasteiger partial charge in [0.15, 0.2) is 0 Å². The largest absolute Gasteiger partial charge is 4.00 e. The predicted molar refractivity (Wildman–Crippen MR) is 71.1 cm³/mol. The van der Waals surface area contributed by atoms with Gasteiger partial charge < -0.3 is 30.5 Å². The van der Waals surface area contributed by atoms with Crippen LogP contribution in [0.15, 0.2) is 30.3 Å². The molecule has 1 unspecified atom stereocenters. The van der Waals surface area contributed by atoms with Crippen LogP contribution >= 0.6 is 0 Å². The van der Waals surface area contributed by atoms with Gasteiger partial charge in [0.1, 0.15) is 0 Å². The normalized spacial score (nSPS) is 17.1. The van der Waals surface area contributed by atoms with Gasteiger partial charge in [-0.1, -0.05) is 32.4 Å². The number of halogens is 2. The van der Waals surface area contributed by atoms with Crippen LogP contribution < -0.4 is 24.8 Å². The van der Waals surface area contributed by atoms with Gasteiger partial charge in [-0.2, -0.15) is 18.2 Å². The summed E-state index contributed by atoms with van der Waals surface area (Å²) >= 11 is 0. The van der Waals surface area contributed by atoms with Crippen molar-refractivity contribution in [3.8, 4) is 0 Å². The number of rotatable bonds is 0. The molecule has 1 aliphatic carbocycles. The van der Waals surface area contributed by atoms with E-state index in [2.05, 4.69) is 13.1 Å². The Morgan fingerprint density at radius 3 is 2.00 bits per heavy atom. The van der Waals surface area contributed by atoms with Crippen molar-refractivity contribution >= 4 is 13.6 Å². The van der Waals surface area contributed by atoms with E-state index in [1.807, 2.05) is 30.3 Å². The Hall–Kier alpha value is 0.691. The molecule has 0 radical (unpaired) electrons. The molecule has 1 N–H and O–H groups in total. The number of nitrogens with one attached hydrogen (secondary N) is 1.